The van der Waals surface area contributed by atoms with Crippen LogP contribution >= 0.6 is 22.6 Å². The first-order chi connectivity index (χ1) is 13.0. The average molecular weight is 465 g/mol. The highest BCUT2D eigenvalue weighted by molar-refractivity contribution is 14.1. The quantitative estimate of drug-likeness (QED) is 0.617. The molecule has 0 N–H and O–H groups in total. The lowest BCUT2D eigenvalue weighted by Gasteiger charge is -2.35. The van der Waals surface area contributed by atoms with Crippen molar-refractivity contribution in [3.8, 4) is 12.1 Å². The summed E-state index contributed by atoms with van der Waals surface area (Å²) in [6, 6.07) is 19.8. The summed E-state index contributed by atoms with van der Waals surface area (Å²) in [5.74, 6) is -1.01. The van der Waals surface area contributed by atoms with Gasteiger partial charge in [-0.15, -0.1) is 0 Å². The van der Waals surface area contributed by atoms with Crippen molar-refractivity contribution in [1.82, 2.24) is 4.90 Å². The molecule has 0 radical (unpaired) electrons. The van der Waals surface area contributed by atoms with E-state index >= 15 is 0 Å². The molecule has 4 nitrogen and oxygen atoms in total. The average Bonchev–Trinajstić information content (AvgIpc) is 3.00. The molecule has 1 fully saturated rings. The maximum Gasteiger partial charge on any atom is 0.222 e. The van der Waals surface area contributed by atoms with Crippen LogP contribution in [0.3, 0.4) is 0 Å². The Morgan fingerprint density at radius 1 is 1.11 bits per heavy atom. The number of rotatable bonds is 2. The Labute approximate surface area is 171 Å². The summed E-state index contributed by atoms with van der Waals surface area (Å²) in [6.07, 6.45) is 3.73. The minimum absolute atomic E-state index is 0.00831. The van der Waals surface area contributed by atoms with Gasteiger partial charge in [-0.3, -0.25) is 4.79 Å². The van der Waals surface area contributed by atoms with E-state index in [-0.39, 0.29) is 11.8 Å². The van der Waals surface area contributed by atoms with Crippen LogP contribution in [0.1, 0.15) is 35.6 Å². The molecule has 2 aromatic carbocycles. The summed E-state index contributed by atoms with van der Waals surface area (Å²) in [6.45, 7) is 1.56. The molecule has 2 aliphatic heterocycles. The molecule has 0 amide bonds. The molecule has 0 unspecified atom stereocenters. The lowest BCUT2D eigenvalue weighted by Crippen LogP contribution is -2.43. The molecule has 4 rings (SSSR count). The second-order valence-electron chi connectivity index (χ2n) is 6.95. The second-order valence-corrected chi connectivity index (χ2v) is 8.20. The number of benzene rings is 2. The molecule has 0 aromatic heterocycles. The number of carbonyl (C=O) groups excluding carboxylic acids is 1. The van der Waals surface area contributed by atoms with Gasteiger partial charge >= 0.3 is 0 Å². The van der Waals surface area contributed by atoms with Gasteiger partial charge in [0.2, 0.25) is 5.54 Å². The van der Waals surface area contributed by atoms with Gasteiger partial charge in [0.15, 0.2) is 0 Å². The number of nitriles is 2. The zero-order valence-corrected chi connectivity index (χ0v) is 16.8. The zero-order chi connectivity index (χ0) is 19.2. The molecule has 27 heavy (non-hydrogen) atoms. The van der Waals surface area contributed by atoms with Gasteiger partial charge in [0, 0.05) is 15.7 Å². The van der Waals surface area contributed by atoms with Crippen molar-refractivity contribution >= 4 is 34.5 Å². The summed E-state index contributed by atoms with van der Waals surface area (Å²) < 4.78 is 1.07. The largest absolute Gasteiger partial charge is 0.340 e. The van der Waals surface area contributed by atoms with Gasteiger partial charge in [-0.2, -0.15) is 10.5 Å². The fourth-order valence-electron chi connectivity index (χ4n) is 4.50. The third kappa shape index (κ3) is 2.49. The fraction of sp³-hybridized carbons (Fsp3) is 0.227. The topological polar surface area (TPSA) is 67.9 Å². The first-order valence-corrected chi connectivity index (χ1v) is 9.75. The standard InChI is InChI=1S/C22H16IN3O/c1-14(27)19-20(16-6-8-17(23)9-7-16)22(12-24,13-25)26-11-10-15-4-2-3-5-18(15)21(19)26/h2-11,19-21H,1H3/t19-,20-,21-/m1/s1. The van der Waals surface area contributed by atoms with E-state index in [2.05, 4.69) is 34.7 Å². The summed E-state index contributed by atoms with van der Waals surface area (Å²) >= 11 is 2.22. The fourth-order valence-corrected chi connectivity index (χ4v) is 4.86. The van der Waals surface area contributed by atoms with Gasteiger partial charge < -0.3 is 4.90 Å². The van der Waals surface area contributed by atoms with Crippen LogP contribution in [0.15, 0.2) is 54.7 Å². The smallest absolute Gasteiger partial charge is 0.222 e. The van der Waals surface area contributed by atoms with E-state index in [1.807, 2.05) is 60.8 Å². The molecule has 1 saturated heterocycles. The van der Waals surface area contributed by atoms with E-state index in [4.69, 9.17) is 0 Å². The van der Waals surface area contributed by atoms with E-state index in [1.165, 1.54) is 0 Å². The lowest BCUT2D eigenvalue weighted by atomic mass is 9.73. The van der Waals surface area contributed by atoms with Crippen LogP contribution in [0.4, 0.5) is 0 Å². The molecule has 0 spiro atoms. The minimum atomic E-state index is -1.43. The van der Waals surface area contributed by atoms with Crippen molar-refractivity contribution in [2.45, 2.75) is 24.4 Å². The predicted octanol–water partition coefficient (Wildman–Crippen LogP) is 4.41. The van der Waals surface area contributed by atoms with Crippen LogP contribution in [0, 0.1) is 32.2 Å². The number of halogens is 1. The third-order valence-corrected chi connectivity index (χ3v) is 6.34. The third-order valence-electron chi connectivity index (χ3n) is 5.63. The van der Waals surface area contributed by atoms with E-state index in [0.29, 0.717) is 0 Å². The van der Waals surface area contributed by atoms with Crippen molar-refractivity contribution in [2.24, 2.45) is 5.92 Å². The van der Waals surface area contributed by atoms with Crippen LogP contribution in [0.25, 0.3) is 6.08 Å². The lowest BCUT2D eigenvalue weighted by molar-refractivity contribution is -0.121. The molecule has 2 heterocycles. The van der Waals surface area contributed by atoms with Gasteiger partial charge in [0.1, 0.15) is 17.9 Å². The SMILES string of the molecule is CC(=O)[C@H]1[C@H]2c3ccccc3C=CN2C(C#N)(C#N)[C@@H]1c1ccc(I)cc1. The molecule has 0 aliphatic carbocycles. The van der Waals surface area contributed by atoms with Crippen LogP contribution in [-0.2, 0) is 4.79 Å². The van der Waals surface area contributed by atoms with Crippen molar-refractivity contribution in [1.29, 1.82) is 10.5 Å². The Morgan fingerprint density at radius 3 is 2.41 bits per heavy atom. The van der Waals surface area contributed by atoms with Crippen molar-refractivity contribution in [3.63, 3.8) is 0 Å². The summed E-state index contributed by atoms with van der Waals surface area (Å²) in [5.41, 5.74) is 1.43. The molecular formula is C22H16IN3O. The van der Waals surface area contributed by atoms with Crippen molar-refractivity contribution in [3.05, 3.63) is 75.0 Å². The Balaban J connectivity index is 1.99. The van der Waals surface area contributed by atoms with Gasteiger partial charge in [-0.1, -0.05) is 36.4 Å². The zero-order valence-electron chi connectivity index (χ0n) is 14.6. The predicted molar refractivity (Wildman–Crippen MR) is 110 cm³/mol. The number of hydrogen-bond acceptors (Lipinski definition) is 4. The van der Waals surface area contributed by atoms with E-state index < -0.39 is 17.4 Å². The molecule has 2 aliphatic rings. The summed E-state index contributed by atoms with van der Waals surface area (Å²) in [4.78, 5) is 14.6. The highest BCUT2D eigenvalue weighted by Gasteiger charge is 2.62. The van der Waals surface area contributed by atoms with Gasteiger partial charge in [-0.25, -0.2) is 0 Å². The number of fused-ring (bicyclic) bond motifs is 3. The van der Waals surface area contributed by atoms with Gasteiger partial charge in [0.25, 0.3) is 0 Å². The van der Waals surface area contributed by atoms with E-state index in [9.17, 15) is 15.3 Å². The van der Waals surface area contributed by atoms with Gasteiger partial charge in [-0.05, 0) is 64.4 Å². The van der Waals surface area contributed by atoms with Crippen LogP contribution in [0.5, 0.6) is 0 Å². The van der Waals surface area contributed by atoms with Crippen LogP contribution < -0.4 is 0 Å². The highest BCUT2D eigenvalue weighted by Crippen LogP contribution is 2.57. The number of hydrogen-bond donors (Lipinski definition) is 0. The summed E-state index contributed by atoms with van der Waals surface area (Å²) in [5, 5.41) is 20.3. The monoisotopic (exact) mass is 465 g/mol. The maximum atomic E-state index is 12.8. The molecule has 5 heteroatoms. The molecule has 132 valence electrons. The minimum Gasteiger partial charge on any atom is -0.340 e. The van der Waals surface area contributed by atoms with Crippen molar-refractivity contribution in [2.75, 3.05) is 0 Å². The number of ketones is 1. The molecular weight excluding hydrogens is 449 g/mol. The Hall–Kier alpha value is -2.64. The van der Waals surface area contributed by atoms with E-state index in [1.54, 1.807) is 11.8 Å². The highest BCUT2D eigenvalue weighted by atomic mass is 127. The van der Waals surface area contributed by atoms with Crippen LogP contribution in [0.2, 0.25) is 0 Å². The number of Topliss-reactive ketones (excluding diaryl/α,β-unsaturated/α-hetero) is 1. The Bertz CT molecular complexity index is 1010. The number of nitrogens with zero attached hydrogens (tertiary/aromatic N) is 3. The van der Waals surface area contributed by atoms with Crippen molar-refractivity contribution < 1.29 is 4.79 Å². The second kappa shape index (κ2) is 6.51. The molecule has 0 bridgehead atoms. The Morgan fingerprint density at radius 2 is 1.78 bits per heavy atom. The van der Waals surface area contributed by atoms with Crippen LogP contribution in [-0.4, -0.2) is 16.2 Å². The first kappa shape index (κ1) is 17.8. The molecule has 2 aromatic rings. The number of carbonyl (C=O) groups is 1. The normalized spacial score (nSPS) is 24.4. The Kier molecular flexibility index (Phi) is 4.28. The molecule has 3 atom stereocenters. The maximum absolute atomic E-state index is 12.8. The summed E-state index contributed by atoms with van der Waals surface area (Å²) in [7, 11) is 0. The molecule has 0 saturated carbocycles. The van der Waals surface area contributed by atoms with E-state index in [0.717, 1.165) is 20.3 Å². The first-order valence-electron chi connectivity index (χ1n) is 8.67. The van der Waals surface area contributed by atoms with Gasteiger partial charge in [0.05, 0.1) is 12.0 Å².